The maximum absolute atomic E-state index is 11.5. The summed E-state index contributed by atoms with van der Waals surface area (Å²) in [6.45, 7) is 3.59. The van der Waals surface area contributed by atoms with E-state index in [0.29, 0.717) is 5.69 Å². The van der Waals surface area contributed by atoms with E-state index in [9.17, 15) is 9.59 Å². The molecule has 1 rings (SSSR count). The second-order valence-electron chi connectivity index (χ2n) is 3.71. The van der Waals surface area contributed by atoms with E-state index < -0.39 is 5.97 Å². The number of benzene rings is 1. The van der Waals surface area contributed by atoms with Gasteiger partial charge in [0, 0.05) is 9.65 Å². The molecule has 90 valence electrons. The van der Waals surface area contributed by atoms with Crippen molar-refractivity contribution in [1.82, 2.24) is 0 Å². The van der Waals surface area contributed by atoms with Crippen LogP contribution in [0.3, 0.4) is 0 Å². The van der Waals surface area contributed by atoms with Gasteiger partial charge in [0.15, 0.2) is 0 Å². The van der Waals surface area contributed by atoms with Crippen molar-refractivity contribution in [3.63, 3.8) is 0 Å². The lowest BCUT2D eigenvalue weighted by Gasteiger charge is -2.07. The Labute approximate surface area is 113 Å². The van der Waals surface area contributed by atoms with Crippen molar-refractivity contribution in [1.29, 1.82) is 0 Å². The molecule has 0 aromatic heterocycles. The number of carboxylic acid groups (broad SMARTS) is 1. The number of nitrogens with one attached hydrogen (secondary N) is 1. The van der Waals surface area contributed by atoms with Crippen LogP contribution < -0.4 is 5.32 Å². The number of carbonyl (C=O) groups is 2. The second-order valence-corrected chi connectivity index (χ2v) is 4.95. The molecule has 2 N–H and O–H groups in total. The van der Waals surface area contributed by atoms with Gasteiger partial charge in [0.1, 0.15) is 0 Å². The van der Waals surface area contributed by atoms with Crippen LogP contribution in [-0.4, -0.2) is 17.0 Å². The molecule has 0 bridgehead atoms. The Hall–Kier alpha value is -1.37. The fourth-order valence-electron chi connectivity index (χ4n) is 1.23. The Morgan fingerprint density at radius 3 is 2.53 bits per heavy atom. The highest BCUT2D eigenvalue weighted by Crippen LogP contribution is 2.19. The van der Waals surface area contributed by atoms with Gasteiger partial charge in [-0.2, -0.15) is 0 Å². The molecule has 0 atom stereocenters. The molecule has 5 heteroatoms. The van der Waals surface area contributed by atoms with E-state index in [4.69, 9.17) is 5.11 Å². The highest BCUT2D eigenvalue weighted by atomic mass is 127. The minimum Gasteiger partial charge on any atom is -0.478 e. The van der Waals surface area contributed by atoms with Crippen LogP contribution in [0, 0.1) is 3.57 Å². The van der Waals surface area contributed by atoms with Gasteiger partial charge in [0.2, 0.25) is 5.91 Å². The Balaban J connectivity index is 3.03. The largest absolute Gasteiger partial charge is 0.478 e. The van der Waals surface area contributed by atoms with E-state index in [1.54, 1.807) is 26.0 Å². The Kier molecular flexibility index (Phi) is 4.68. The molecule has 17 heavy (non-hydrogen) atoms. The fourth-order valence-corrected chi connectivity index (χ4v) is 1.72. The maximum atomic E-state index is 11.5. The average molecular weight is 345 g/mol. The van der Waals surface area contributed by atoms with Gasteiger partial charge in [0.05, 0.1) is 11.3 Å². The molecule has 1 aromatic rings. The number of anilines is 1. The van der Waals surface area contributed by atoms with E-state index in [0.717, 1.165) is 9.14 Å². The SMILES string of the molecule is CC(C)=CC(=O)Nc1ccc(I)cc1C(=O)O. The molecule has 0 aliphatic heterocycles. The number of rotatable bonds is 3. The summed E-state index contributed by atoms with van der Waals surface area (Å²) < 4.78 is 0.806. The smallest absolute Gasteiger partial charge is 0.337 e. The van der Waals surface area contributed by atoms with Gasteiger partial charge in [-0.1, -0.05) is 5.57 Å². The third kappa shape index (κ3) is 4.18. The fraction of sp³-hybridized carbons (Fsp3) is 0.167. The first-order chi connectivity index (χ1) is 7.90. The molecule has 0 spiro atoms. The summed E-state index contributed by atoms with van der Waals surface area (Å²) >= 11 is 2.02. The number of hydrogen-bond acceptors (Lipinski definition) is 2. The molecule has 0 fully saturated rings. The molecular formula is C12H12INO3. The Morgan fingerprint density at radius 1 is 1.35 bits per heavy atom. The van der Waals surface area contributed by atoms with Gasteiger partial charge in [-0.3, -0.25) is 4.79 Å². The lowest BCUT2D eigenvalue weighted by Crippen LogP contribution is -2.12. The Bertz CT molecular complexity index is 491. The number of hydrogen-bond donors (Lipinski definition) is 2. The lowest BCUT2D eigenvalue weighted by molar-refractivity contribution is -0.111. The molecule has 0 saturated carbocycles. The zero-order valence-corrected chi connectivity index (χ0v) is 11.6. The summed E-state index contributed by atoms with van der Waals surface area (Å²) in [5.41, 5.74) is 1.25. The van der Waals surface area contributed by atoms with E-state index in [1.165, 1.54) is 12.1 Å². The maximum Gasteiger partial charge on any atom is 0.337 e. The van der Waals surface area contributed by atoms with Gasteiger partial charge in [-0.15, -0.1) is 0 Å². The molecule has 1 amide bonds. The molecule has 0 unspecified atom stereocenters. The number of carboxylic acids is 1. The van der Waals surface area contributed by atoms with Crippen LogP contribution in [0.1, 0.15) is 24.2 Å². The van der Waals surface area contributed by atoms with E-state index in [1.807, 2.05) is 22.6 Å². The number of amides is 1. The molecule has 0 radical (unpaired) electrons. The summed E-state index contributed by atoms with van der Waals surface area (Å²) in [5, 5.41) is 11.6. The van der Waals surface area contributed by atoms with Crippen molar-refractivity contribution < 1.29 is 14.7 Å². The third-order valence-electron chi connectivity index (χ3n) is 1.89. The first-order valence-corrected chi connectivity index (χ1v) is 5.96. The highest BCUT2D eigenvalue weighted by molar-refractivity contribution is 14.1. The van der Waals surface area contributed by atoms with Crippen LogP contribution in [0.2, 0.25) is 0 Å². The normalized spacial score (nSPS) is 9.59. The number of aromatic carboxylic acids is 1. The van der Waals surface area contributed by atoms with Crippen LogP contribution in [-0.2, 0) is 4.79 Å². The van der Waals surface area contributed by atoms with Gasteiger partial charge >= 0.3 is 5.97 Å². The lowest BCUT2D eigenvalue weighted by atomic mass is 10.2. The summed E-state index contributed by atoms with van der Waals surface area (Å²) in [4.78, 5) is 22.5. The summed E-state index contributed by atoms with van der Waals surface area (Å²) in [6, 6.07) is 4.84. The second kappa shape index (κ2) is 5.81. The van der Waals surface area contributed by atoms with Crippen molar-refractivity contribution in [3.05, 3.63) is 39.0 Å². The van der Waals surface area contributed by atoms with Crippen molar-refractivity contribution in [2.24, 2.45) is 0 Å². The predicted octanol–water partition coefficient (Wildman–Crippen LogP) is 2.89. The zero-order valence-electron chi connectivity index (χ0n) is 9.45. The quantitative estimate of drug-likeness (QED) is 0.654. The molecule has 0 heterocycles. The van der Waals surface area contributed by atoms with Crippen molar-refractivity contribution >= 4 is 40.2 Å². The number of halogens is 1. The first kappa shape index (κ1) is 13.7. The molecule has 0 aliphatic rings. The van der Waals surface area contributed by atoms with Gasteiger partial charge in [-0.05, 0) is 54.6 Å². The van der Waals surface area contributed by atoms with Gasteiger partial charge in [-0.25, -0.2) is 4.79 Å². The minimum absolute atomic E-state index is 0.0902. The molecule has 0 aliphatic carbocycles. The summed E-state index contributed by atoms with van der Waals surface area (Å²) in [7, 11) is 0. The molecule has 0 saturated heterocycles. The monoisotopic (exact) mass is 345 g/mol. The van der Waals surface area contributed by atoms with Crippen molar-refractivity contribution in [2.45, 2.75) is 13.8 Å². The van der Waals surface area contributed by atoms with Crippen LogP contribution in [0.25, 0.3) is 0 Å². The van der Waals surface area contributed by atoms with Crippen molar-refractivity contribution in [2.75, 3.05) is 5.32 Å². The predicted molar refractivity (Wildman–Crippen MR) is 74.2 cm³/mol. The van der Waals surface area contributed by atoms with Crippen molar-refractivity contribution in [3.8, 4) is 0 Å². The van der Waals surface area contributed by atoms with Crippen LogP contribution >= 0.6 is 22.6 Å². The van der Waals surface area contributed by atoms with Gasteiger partial charge in [0.25, 0.3) is 0 Å². The van der Waals surface area contributed by atoms with E-state index >= 15 is 0 Å². The summed E-state index contributed by atoms with van der Waals surface area (Å²) in [5.74, 6) is -1.38. The molecule has 1 aromatic carbocycles. The first-order valence-electron chi connectivity index (χ1n) is 4.89. The topological polar surface area (TPSA) is 66.4 Å². The number of allylic oxidation sites excluding steroid dienone is 1. The minimum atomic E-state index is -1.06. The number of carbonyl (C=O) groups excluding carboxylic acids is 1. The third-order valence-corrected chi connectivity index (χ3v) is 2.56. The van der Waals surface area contributed by atoms with Crippen LogP contribution in [0.4, 0.5) is 5.69 Å². The zero-order chi connectivity index (χ0) is 13.0. The molecule has 4 nitrogen and oxygen atoms in total. The van der Waals surface area contributed by atoms with Crippen LogP contribution in [0.15, 0.2) is 29.8 Å². The Morgan fingerprint density at radius 2 is 2.00 bits per heavy atom. The van der Waals surface area contributed by atoms with Gasteiger partial charge < -0.3 is 10.4 Å². The highest BCUT2D eigenvalue weighted by Gasteiger charge is 2.11. The standard InChI is InChI=1S/C12H12INO3/c1-7(2)5-11(15)14-10-4-3-8(13)6-9(10)12(16)17/h3-6H,1-2H3,(H,14,15)(H,16,17). The van der Waals surface area contributed by atoms with E-state index in [2.05, 4.69) is 5.32 Å². The van der Waals surface area contributed by atoms with Crippen LogP contribution in [0.5, 0.6) is 0 Å². The average Bonchev–Trinajstić information content (AvgIpc) is 2.19. The van der Waals surface area contributed by atoms with E-state index in [-0.39, 0.29) is 11.5 Å². The molecular weight excluding hydrogens is 333 g/mol. The summed E-state index contributed by atoms with van der Waals surface area (Å²) in [6.07, 6.45) is 1.42.